The third-order valence-electron chi connectivity index (χ3n) is 4.14. The molecule has 1 heterocycles. The van der Waals surface area contributed by atoms with Gasteiger partial charge < -0.3 is 20.2 Å². The van der Waals surface area contributed by atoms with E-state index in [9.17, 15) is 4.79 Å². The molecule has 1 aliphatic carbocycles. The van der Waals surface area contributed by atoms with Gasteiger partial charge in [0.1, 0.15) is 12.4 Å². The highest BCUT2D eigenvalue weighted by Crippen LogP contribution is 2.28. The van der Waals surface area contributed by atoms with E-state index in [0.29, 0.717) is 25.7 Å². The fourth-order valence-electron chi connectivity index (χ4n) is 2.76. The summed E-state index contributed by atoms with van der Waals surface area (Å²) in [6.45, 7) is 2.54. The van der Waals surface area contributed by atoms with Gasteiger partial charge in [0.25, 0.3) is 0 Å². The van der Waals surface area contributed by atoms with Crippen LogP contribution in [0.4, 0.5) is 0 Å². The maximum Gasteiger partial charge on any atom is 0.223 e. The highest BCUT2D eigenvalue weighted by atomic mass is 16.5. The van der Waals surface area contributed by atoms with E-state index in [1.54, 1.807) is 6.26 Å². The lowest BCUT2D eigenvalue weighted by Crippen LogP contribution is -2.35. The van der Waals surface area contributed by atoms with Crippen LogP contribution >= 0.6 is 0 Å². The Morgan fingerprint density at radius 1 is 1.38 bits per heavy atom. The van der Waals surface area contributed by atoms with E-state index in [1.807, 2.05) is 12.1 Å². The second kappa shape index (κ2) is 8.85. The van der Waals surface area contributed by atoms with Crippen LogP contribution in [0, 0.1) is 11.8 Å². The molecule has 5 heteroatoms. The van der Waals surface area contributed by atoms with Crippen LogP contribution in [0.2, 0.25) is 0 Å². The normalized spacial score (nSPS) is 22.1. The molecular weight excluding hydrogens is 268 g/mol. The van der Waals surface area contributed by atoms with E-state index in [1.165, 1.54) is 0 Å². The van der Waals surface area contributed by atoms with Gasteiger partial charge in [0.15, 0.2) is 0 Å². The van der Waals surface area contributed by atoms with Crippen molar-refractivity contribution in [2.24, 2.45) is 17.6 Å². The van der Waals surface area contributed by atoms with Gasteiger partial charge in [-0.1, -0.05) is 0 Å². The van der Waals surface area contributed by atoms with Gasteiger partial charge >= 0.3 is 0 Å². The summed E-state index contributed by atoms with van der Waals surface area (Å²) in [4.78, 5) is 12.0. The Kier molecular flexibility index (Phi) is 6.76. The lowest BCUT2D eigenvalue weighted by molar-refractivity contribution is -0.126. The maximum atomic E-state index is 12.0. The predicted molar refractivity (Wildman–Crippen MR) is 80.5 cm³/mol. The number of hydrogen-bond donors (Lipinski definition) is 2. The van der Waals surface area contributed by atoms with Crippen LogP contribution in [-0.4, -0.2) is 25.6 Å². The van der Waals surface area contributed by atoms with Crippen molar-refractivity contribution >= 4 is 5.91 Å². The van der Waals surface area contributed by atoms with E-state index in [2.05, 4.69) is 5.32 Å². The standard InChI is InChI=1S/C16H26N2O3/c17-11-13-4-6-14(7-5-13)16(19)18-8-2-9-20-12-15-3-1-10-21-15/h1,3,10,13-14H,2,4-9,11-12,17H2,(H,18,19). The predicted octanol–water partition coefficient (Wildman–Crippen LogP) is 2.07. The maximum absolute atomic E-state index is 12.0. The Morgan fingerprint density at radius 3 is 2.86 bits per heavy atom. The summed E-state index contributed by atoms with van der Waals surface area (Å²) >= 11 is 0. The molecule has 1 aliphatic rings. The molecule has 5 nitrogen and oxygen atoms in total. The monoisotopic (exact) mass is 294 g/mol. The summed E-state index contributed by atoms with van der Waals surface area (Å²) in [5.41, 5.74) is 5.67. The van der Waals surface area contributed by atoms with Crippen molar-refractivity contribution in [2.45, 2.75) is 38.7 Å². The van der Waals surface area contributed by atoms with Crippen LogP contribution in [-0.2, 0) is 16.1 Å². The van der Waals surface area contributed by atoms with Gasteiger partial charge in [0.05, 0.1) is 6.26 Å². The topological polar surface area (TPSA) is 77.5 Å². The number of furan rings is 1. The number of nitrogens with two attached hydrogens (primary N) is 1. The number of carbonyl (C=O) groups excluding carboxylic acids is 1. The molecule has 0 aliphatic heterocycles. The second-order valence-corrected chi connectivity index (χ2v) is 5.73. The van der Waals surface area contributed by atoms with E-state index in [0.717, 1.165) is 44.4 Å². The number of carbonyl (C=O) groups is 1. The summed E-state index contributed by atoms with van der Waals surface area (Å²) in [5, 5.41) is 3.01. The molecular formula is C16H26N2O3. The van der Waals surface area contributed by atoms with Crippen LogP contribution in [0.1, 0.15) is 37.9 Å². The molecule has 3 N–H and O–H groups in total. The smallest absolute Gasteiger partial charge is 0.223 e. The van der Waals surface area contributed by atoms with Crippen LogP contribution in [0.3, 0.4) is 0 Å². The summed E-state index contributed by atoms with van der Waals surface area (Å²) in [6, 6.07) is 3.73. The first kappa shape index (κ1) is 16.0. The summed E-state index contributed by atoms with van der Waals surface area (Å²) in [6.07, 6.45) is 6.58. The Bertz CT molecular complexity index is 398. The molecule has 0 saturated heterocycles. The molecule has 0 unspecified atom stereocenters. The molecule has 118 valence electrons. The lowest BCUT2D eigenvalue weighted by Gasteiger charge is -2.26. The summed E-state index contributed by atoms with van der Waals surface area (Å²) < 4.78 is 10.6. The van der Waals surface area contributed by atoms with Gasteiger partial charge in [0, 0.05) is 19.1 Å². The van der Waals surface area contributed by atoms with Crippen molar-refractivity contribution < 1.29 is 13.9 Å². The number of nitrogens with one attached hydrogen (secondary N) is 1. The summed E-state index contributed by atoms with van der Waals surface area (Å²) in [5.74, 6) is 1.81. The Balaban J connectivity index is 1.49. The number of amides is 1. The van der Waals surface area contributed by atoms with Gasteiger partial charge in [-0.2, -0.15) is 0 Å². The number of ether oxygens (including phenoxy) is 1. The van der Waals surface area contributed by atoms with Gasteiger partial charge in [-0.25, -0.2) is 0 Å². The Labute approximate surface area is 126 Å². The minimum atomic E-state index is 0.178. The van der Waals surface area contributed by atoms with Crippen molar-refractivity contribution in [1.82, 2.24) is 5.32 Å². The van der Waals surface area contributed by atoms with Crippen LogP contribution < -0.4 is 11.1 Å². The van der Waals surface area contributed by atoms with Crippen LogP contribution in [0.5, 0.6) is 0 Å². The molecule has 1 aromatic rings. The summed E-state index contributed by atoms with van der Waals surface area (Å²) in [7, 11) is 0. The average Bonchev–Trinajstić information content (AvgIpc) is 3.04. The molecule has 0 bridgehead atoms. The van der Waals surface area contributed by atoms with Gasteiger partial charge in [-0.15, -0.1) is 0 Å². The van der Waals surface area contributed by atoms with Gasteiger partial charge in [-0.05, 0) is 56.7 Å². The first-order valence-corrected chi connectivity index (χ1v) is 7.87. The Morgan fingerprint density at radius 2 is 2.19 bits per heavy atom. The van der Waals surface area contributed by atoms with E-state index in [4.69, 9.17) is 14.9 Å². The van der Waals surface area contributed by atoms with E-state index >= 15 is 0 Å². The minimum absolute atomic E-state index is 0.178. The fourth-order valence-corrected chi connectivity index (χ4v) is 2.76. The molecule has 1 aromatic heterocycles. The third-order valence-corrected chi connectivity index (χ3v) is 4.14. The third kappa shape index (κ3) is 5.52. The fraction of sp³-hybridized carbons (Fsp3) is 0.688. The van der Waals surface area contributed by atoms with Crippen LogP contribution in [0.25, 0.3) is 0 Å². The molecule has 1 amide bonds. The van der Waals surface area contributed by atoms with Crippen LogP contribution in [0.15, 0.2) is 22.8 Å². The lowest BCUT2D eigenvalue weighted by atomic mass is 9.81. The average molecular weight is 294 g/mol. The molecule has 21 heavy (non-hydrogen) atoms. The SMILES string of the molecule is NCC1CCC(C(=O)NCCCOCc2ccco2)CC1. The molecule has 1 fully saturated rings. The first-order valence-electron chi connectivity index (χ1n) is 7.87. The van der Waals surface area contributed by atoms with E-state index in [-0.39, 0.29) is 11.8 Å². The quantitative estimate of drug-likeness (QED) is 0.720. The molecule has 0 aromatic carbocycles. The largest absolute Gasteiger partial charge is 0.467 e. The molecule has 0 radical (unpaired) electrons. The molecule has 1 saturated carbocycles. The number of hydrogen-bond acceptors (Lipinski definition) is 4. The highest BCUT2D eigenvalue weighted by molar-refractivity contribution is 5.78. The first-order chi connectivity index (χ1) is 10.3. The van der Waals surface area contributed by atoms with Gasteiger partial charge in [0.2, 0.25) is 5.91 Å². The Hall–Kier alpha value is -1.33. The van der Waals surface area contributed by atoms with E-state index < -0.39 is 0 Å². The number of rotatable bonds is 8. The molecule has 2 rings (SSSR count). The molecule has 0 atom stereocenters. The van der Waals surface area contributed by atoms with Crippen molar-refractivity contribution in [3.8, 4) is 0 Å². The zero-order valence-electron chi connectivity index (χ0n) is 12.6. The van der Waals surface area contributed by atoms with Crippen molar-refractivity contribution in [3.63, 3.8) is 0 Å². The zero-order valence-corrected chi connectivity index (χ0v) is 12.6. The van der Waals surface area contributed by atoms with Crippen molar-refractivity contribution in [3.05, 3.63) is 24.2 Å². The molecule has 0 spiro atoms. The van der Waals surface area contributed by atoms with Crippen molar-refractivity contribution in [2.75, 3.05) is 19.7 Å². The zero-order chi connectivity index (χ0) is 14.9. The van der Waals surface area contributed by atoms with Crippen molar-refractivity contribution in [1.29, 1.82) is 0 Å². The second-order valence-electron chi connectivity index (χ2n) is 5.73. The van der Waals surface area contributed by atoms with Gasteiger partial charge in [-0.3, -0.25) is 4.79 Å². The highest BCUT2D eigenvalue weighted by Gasteiger charge is 2.25. The minimum Gasteiger partial charge on any atom is -0.467 e.